The molecule has 0 bridgehead atoms. The molecule has 18 heavy (non-hydrogen) atoms. The molecule has 0 unspecified atom stereocenters. The first-order chi connectivity index (χ1) is 8.58. The number of carboxylic acids is 1. The highest BCUT2D eigenvalue weighted by Crippen LogP contribution is 2.23. The van der Waals surface area contributed by atoms with Crippen LogP contribution in [0.1, 0.15) is 12.0 Å². The second kappa shape index (κ2) is 5.26. The van der Waals surface area contributed by atoms with Crippen LogP contribution in [-0.2, 0) is 11.3 Å². The molecule has 0 amide bonds. The summed E-state index contributed by atoms with van der Waals surface area (Å²) in [5, 5.41) is 20.0. The van der Waals surface area contributed by atoms with Crippen LogP contribution in [0, 0.1) is 6.92 Å². The Labute approximate surface area is 112 Å². The Hall–Kier alpha value is -1.76. The van der Waals surface area contributed by atoms with Gasteiger partial charge in [0.15, 0.2) is 5.82 Å². The predicted octanol–water partition coefficient (Wildman–Crippen LogP) is 1.89. The van der Waals surface area contributed by atoms with Gasteiger partial charge in [-0.05, 0) is 41.1 Å². The van der Waals surface area contributed by atoms with Gasteiger partial charge in [0.05, 0.1) is 13.0 Å². The van der Waals surface area contributed by atoms with Crippen molar-refractivity contribution in [3.8, 4) is 11.4 Å². The molecule has 0 atom stereocenters. The molecule has 2 rings (SSSR count). The van der Waals surface area contributed by atoms with Gasteiger partial charge in [-0.25, -0.2) is 4.68 Å². The van der Waals surface area contributed by atoms with Gasteiger partial charge in [0.25, 0.3) is 0 Å². The smallest absolute Gasteiger partial charge is 0.305 e. The maximum atomic E-state index is 10.6. The molecule has 0 fully saturated rings. The van der Waals surface area contributed by atoms with E-state index in [2.05, 4.69) is 31.5 Å². The predicted molar refractivity (Wildman–Crippen MR) is 67.9 cm³/mol. The van der Waals surface area contributed by atoms with E-state index in [0.29, 0.717) is 5.82 Å². The quantitative estimate of drug-likeness (QED) is 0.932. The number of hydrogen-bond acceptors (Lipinski definition) is 4. The maximum absolute atomic E-state index is 10.6. The summed E-state index contributed by atoms with van der Waals surface area (Å²) in [5.41, 5.74) is 1.94. The van der Waals surface area contributed by atoms with Crippen LogP contribution in [0.2, 0.25) is 0 Å². The molecule has 0 aliphatic heterocycles. The van der Waals surface area contributed by atoms with E-state index < -0.39 is 5.97 Å². The molecule has 1 heterocycles. The van der Waals surface area contributed by atoms with Gasteiger partial charge >= 0.3 is 5.97 Å². The largest absolute Gasteiger partial charge is 0.481 e. The number of aromatic nitrogens is 4. The van der Waals surface area contributed by atoms with Crippen LogP contribution in [0.15, 0.2) is 22.7 Å². The first-order valence-electron chi connectivity index (χ1n) is 5.32. The lowest BCUT2D eigenvalue weighted by atomic mass is 10.1. The highest BCUT2D eigenvalue weighted by atomic mass is 79.9. The van der Waals surface area contributed by atoms with Gasteiger partial charge in [-0.3, -0.25) is 4.79 Å². The molecular formula is C11H11BrN4O2. The number of nitrogens with zero attached hydrogens (tertiary/aromatic N) is 4. The number of hydrogen-bond donors (Lipinski definition) is 1. The number of halogens is 1. The topological polar surface area (TPSA) is 80.9 Å². The summed E-state index contributed by atoms with van der Waals surface area (Å²) < 4.78 is 2.51. The molecule has 1 aromatic carbocycles. The lowest BCUT2D eigenvalue weighted by molar-refractivity contribution is -0.137. The fourth-order valence-corrected chi connectivity index (χ4v) is 1.79. The lowest BCUT2D eigenvalue weighted by Gasteiger charge is -2.05. The van der Waals surface area contributed by atoms with Gasteiger partial charge in [-0.2, -0.15) is 0 Å². The normalized spacial score (nSPS) is 10.6. The SMILES string of the molecule is Cc1cc(-c2nnnn2CCC(=O)O)ccc1Br. The summed E-state index contributed by atoms with van der Waals surface area (Å²) in [6.45, 7) is 2.23. The molecule has 0 radical (unpaired) electrons. The van der Waals surface area contributed by atoms with Crippen LogP contribution in [-0.4, -0.2) is 31.3 Å². The van der Waals surface area contributed by atoms with Gasteiger partial charge in [0.1, 0.15) is 0 Å². The third-order valence-electron chi connectivity index (χ3n) is 2.49. The van der Waals surface area contributed by atoms with E-state index in [4.69, 9.17) is 5.11 Å². The minimum absolute atomic E-state index is 0.00640. The zero-order chi connectivity index (χ0) is 13.1. The Morgan fingerprint density at radius 2 is 2.28 bits per heavy atom. The van der Waals surface area contributed by atoms with Crippen LogP contribution < -0.4 is 0 Å². The van der Waals surface area contributed by atoms with Crippen molar-refractivity contribution in [2.24, 2.45) is 0 Å². The van der Waals surface area contributed by atoms with Crippen molar-refractivity contribution in [1.82, 2.24) is 20.2 Å². The minimum Gasteiger partial charge on any atom is -0.481 e. The van der Waals surface area contributed by atoms with E-state index >= 15 is 0 Å². The van der Waals surface area contributed by atoms with Crippen molar-refractivity contribution >= 4 is 21.9 Å². The Morgan fingerprint density at radius 1 is 1.50 bits per heavy atom. The average molecular weight is 311 g/mol. The molecule has 94 valence electrons. The second-order valence-electron chi connectivity index (χ2n) is 3.83. The Morgan fingerprint density at radius 3 is 2.94 bits per heavy atom. The summed E-state index contributed by atoms with van der Waals surface area (Å²) in [6.07, 6.45) is -0.00640. The molecule has 6 nitrogen and oxygen atoms in total. The zero-order valence-electron chi connectivity index (χ0n) is 9.67. The van der Waals surface area contributed by atoms with E-state index in [0.717, 1.165) is 15.6 Å². The monoisotopic (exact) mass is 310 g/mol. The Balaban J connectivity index is 2.30. The molecule has 1 N–H and O–H groups in total. The Bertz CT molecular complexity index is 582. The van der Waals surface area contributed by atoms with E-state index in [-0.39, 0.29) is 13.0 Å². The fourth-order valence-electron chi connectivity index (χ4n) is 1.55. The molecule has 0 saturated carbocycles. The number of aryl methyl sites for hydroxylation is 2. The van der Waals surface area contributed by atoms with Gasteiger partial charge in [0, 0.05) is 10.0 Å². The third kappa shape index (κ3) is 2.73. The summed E-state index contributed by atoms with van der Waals surface area (Å²) in [5.74, 6) is -0.296. The van der Waals surface area contributed by atoms with Crippen molar-refractivity contribution < 1.29 is 9.90 Å². The standard InChI is InChI=1S/C11H11BrN4O2/c1-7-6-8(2-3-9(7)12)11-13-14-15-16(11)5-4-10(17)18/h2-3,6H,4-5H2,1H3,(H,17,18). The van der Waals surface area contributed by atoms with E-state index in [1.807, 2.05) is 25.1 Å². The lowest BCUT2D eigenvalue weighted by Crippen LogP contribution is -2.07. The molecule has 7 heteroatoms. The number of carboxylic acid groups (broad SMARTS) is 1. The van der Waals surface area contributed by atoms with Gasteiger partial charge in [-0.1, -0.05) is 15.9 Å². The van der Waals surface area contributed by atoms with Crippen molar-refractivity contribution in [3.05, 3.63) is 28.2 Å². The van der Waals surface area contributed by atoms with Gasteiger partial charge in [-0.15, -0.1) is 5.10 Å². The number of rotatable bonds is 4. The van der Waals surface area contributed by atoms with E-state index in [1.54, 1.807) is 0 Å². The highest BCUT2D eigenvalue weighted by molar-refractivity contribution is 9.10. The molecule has 0 aliphatic carbocycles. The van der Waals surface area contributed by atoms with Crippen LogP contribution in [0.25, 0.3) is 11.4 Å². The van der Waals surface area contributed by atoms with Gasteiger partial charge in [0.2, 0.25) is 0 Å². The summed E-state index contributed by atoms with van der Waals surface area (Å²) in [7, 11) is 0. The molecular weight excluding hydrogens is 300 g/mol. The van der Waals surface area contributed by atoms with Crippen molar-refractivity contribution in [2.75, 3.05) is 0 Å². The molecule has 2 aromatic rings. The average Bonchev–Trinajstić information content (AvgIpc) is 2.78. The number of aliphatic carboxylic acids is 1. The van der Waals surface area contributed by atoms with Gasteiger partial charge < -0.3 is 5.11 Å². The summed E-state index contributed by atoms with van der Waals surface area (Å²) in [6, 6.07) is 5.76. The number of carbonyl (C=O) groups is 1. The van der Waals surface area contributed by atoms with E-state index in [1.165, 1.54) is 4.68 Å². The first-order valence-corrected chi connectivity index (χ1v) is 6.11. The van der Waals surface area contributed by atoms with Crippen molar-refractivity contribution in [1.29, 1.82) is 0 Å². The van der Waals surface area contributed by atoms with Crippen LogP contribution >= 0.6 is 15.9 Å². The fraction of sp³-hybridized carbons (Fsp3) is 0.273. The second-order valence-corrected chi connectivity index (χ2v) is 4.69. The maximum Gasteiger partial charge on any atom is 0.305 e. The highest BCUT2D eigenvalue weighted by Gasteiger charge is 2.10. The van der Waals surface area contributed by atoms with Crippen molar-refractivity contribution in [2.45, 2.75) is 19.9 Å². The molecule has 0 spiro atoms. The van der Waals surface area contributed by atoms with Crippen LogP contribution in [0.3, 0.4) is 0 Å². The minimum atomic E-state index is -0.872. The number of tetrazole rings is 1. The van der Waals surface area contributed by atoms with E-state index in [9.17, 15) is 4.79 Å². The summed E-state index contributed by atoms with van der Waals surface area (Å²) >= 11 is 3.42. The van der Waals surface area contributed by atoms with Crippen molar-refractivity contribution in [3.63, 3.8) is 0 Å². The van der Waals surface area contributed by atoms with Crippen LogP contribution in [0.4, 0.5) is 0 Å². The first kappa shape index (κ1) is 12.7. The molecule has 0 saturated heterocycles. The summed E-state index contributed by atoms with van der Waals surface area (Å²) in [4.78, 5) is 10.6. The van der Waals surface area contributed by atoms with Crippen LogP contribution in [0.5, 0.6) is 0 Å². The molecule has 0 aliphatic rings. The molecule has 1 aromatic heterocycles. The number of benzene rings is 1. The third-order valence-corrected chi connectivity index (χ3v) is 3.38. The zero-order valence-corrected chi connectivity index (χ0v) is 11.3. The Kier molecular flexibility index (Phi) is 3.71.